The van der Waals surface area contributed by atoms with E-state index in [-0.39, 0.29) is 82.4 Å². The molecule has 1 saturated carbocycles. The van der Waals surface area contributed by atoms with Crippen molar-refractivity contribution in [1.29, 1.82) is 0 Å². The molecule has 0 aromatic heterocycles. The molecule has 1 atom stereocenters. The van der Waals surface area contributed by atoms with Crippen molar-refractivity contribution < 1.29 is 43.7 Å². The number of nitrogens with one attached hydrogen (secondary N) is 2. The van der Waals surface area contributed by atoms with Gasteiger partial charge in [0.15, 0.2) is 18.1 Å². The number of ketones is 1. The fraction of sp³-hybridized carbons (Fsp3) is 0.500. The van der Waals surface area contributed by atoms with Crippen LogP contribution in [0.5, 0.6) is 11.5 Å². The number of ether oxygens (including phenoxy) is 2. The Morgan fingerprint density at radius 2 is 1.54 bits per heavy atom. The number of Topliss-reactive ketones (excluding diaryl/α,β-unsaturated/α-hetero) is 1. The predicted octanol–water partition coefficient (Wildman–Crippen LogP) is 0.196. The Labute approximate surface area is 247 Å². The van der Waals surface area contributed by atoms with Crippen molar-refractivity contribution in [3.8, 4) is 11.5 Å². The Kier molecular flexibility index (Phi) is 14.8. The maximum atomic E-state index is 12.9. The van der Waals surface area contributed by atoms with Crippen LogP contribution in [0.2, 0.25) is 0 Å². The molecule has 2 radical (unpaired) electrons. The molecule has 4 N–H and O–H groups in total. The van der Waals surface area contributed by atoms with Crippen LogP contribution in [0.15, 0.2) is 24.3 Å². The van der Waals surface area contributed by atoms with E-state index >= 15 is 0 Å². The third kappa shape index (κ3) is 9.74. The van der Waals surface area contributed by atoms with Crippen LogP contribution in [0.25, 0.3) is 0 Å². The number of amides is 2. The van der Waals surface area contributed by atoms with E-state index in [9.17, 15) is 29.1 Å². The summed E-state index contributed by atoms with van der Waals surface area (Å²) >= 11 is 0. The van der Waals surface area contributed by atoms with Gasteiger partial charge in [-0.1, -0.05) is 12.1 Å². The molecule has 1 fully saturated rings. The molecule has 11 nitrogen and oxygen atoms in total. The standard InChI is InChI=1S/C22H28N2O9.2Na/c1-13(25)22(21(30)31,33-18-6-4-3-5-17(18)32-12-19(27)28)24-20(29)16-9-7-15(8-10-16)11-23-14(2)26;;/h3-6,15-16H,7-12H2,1-2H3,(H,23,26)(H,24,29)(H,27,28)(H,30,31);;/t15-,16-,22?;;. The first-order valence-electron chi connectivity index (χ1n) is 10.5. The van der Waals surface area contributed by atoms with Gasteiger partial charge in [-0.3, -0.25) is 14.4 Å². The zero-order valence-corrected chi connectivity index (χ0v) is 24.5. The number of hydrogen-bond donors (Lipinski definition) is 4. The van der Waals surface area contributed by atoms with Crippen LogP contribution in [-0.2, 0) is 24.0 Å². The molecular weight excluding hydrogens is 482 g/mol. The molecule has 0 bridgehead atoms. The normalized spacial score (nSPS) is 18.3. The summed E-state index contributed by atoms with van der Waals surface area (Å²) in [6.45, 7) is 2.19. The number of hydrogen-bond acceptors (Lipinski definition) is 7. The molecule has 1 aromatic rings. The summed E-state index contributed by atoms with van der Waals surface area (Å²) in [5, 5.41) is 23.7. The van der Waals surface area contributed by atoms with Gasteiger partial charge in [-0.05, 0) is 43.7 Å². The van der Waals surface area contributed by atoms with E-state index in [2.05, 4.69) is 10.6 Å². The minimum Gasteiger partial charge on any atom is -0.479 e. The minimum absolute atomic E-state index is 0. The van der Waals surface area contributed by atoms with Crippen LogP contribution < -0.4 is 20.1 Å². The summed E-state index contributed by atoms with van der Waals surface area (Å²) in [6.07, 6.45) is 2.24. The van der Waals surface area contributed by atoms with Crippen LogP contribution in [0, 0.1) is 11.8 Å². The van der Waals surface area contributed by atoms with E-state index in [1.807, 2.05) is 0 Å². The smallest absolute Gasteiger partial charge is 0.378 e. The number of carbonyl (C=O) groups is 5. The van der Waals surface area contributed by atoms with Gasteiger partial charge in [-0.25, -0.2) is 9.59 Å². The van der Waals surface area contributed by atoms with Gasteiger partial charge >= 0.3 is 17.7 Å². The number of aliphatic carboxylic acids is 2. The maximum absolute atomic E-state index is 12.9. The van der Waals surface area contributed by atoms with E-state index in [4.69, 9.17) is 14.6 Å². The monoisotopic (exact) mass is 510 g/mol. The summed E-state index contributed by atoms with van der Waals surface area (Å²) in [5.74, 6) is -5.37. The Bertz CT molecular complexity index is 904. The van der Waals surface area contributed by atoms with Gasteiger partial charge in [0.05, 0.1) is 0 Å². The second kappa shape index (κ2) is 15.5. The Hall–Kier alpha value is -1.63. The second-order valence-corrected chi connectivity index (χ2v) is 7.92. The third-order valence-corrected chi connectivity index (χ3v) is 5.42. The molecule has 0 spiro atoms. The molecule has 2 amide bonds. The van der Waals surface area contributed by atoms with Gasteiger partial charge in [0, 0.05) is 85.4 Å². The molecule has 1 unspecified atom stereocenters. The molecule has 0 aliphatic heterocycles. The van der Waals surface area contributed by atoms with Crippen molar-refractivity contribution in [2.75, 3.05) is 13.2 Å². The molecule has 0 saturated heterocycles. The van der Waals surface area contributed by atoms with E-state index in [0.717, 1.165) is 6.92 Å². The number of para-hydroxylation sites is 2. The molecule has 1 aliphatic carbocycles. The van der Waals surface area contributed by atoms with Crippen molar-refractivity contribution in [3.05, 3.63) is 24.3 Å². The number of carboxylic acid groups (broad SMARTS) is 2. The summed E-state index contributed by atoms with van der Waals surface area (Å²) in [7, 11) is 0. The van der Waals surface area contributed by atoms with Gasteiger partial charge < -0.3 is 30.3 Å². The SMILES string of the molecule is CC(=O)NC[C@H]1CC[C@H](C(=O)NC(Oc2ccccc2OCC(=O)O)(C(C)=O)C(=O)O)CC1.[Na].[Na]. The zero-order chi connectivity index (χ0) is 24.6. The van der Waals surface area contributed by atoms with Crippen molar-refractivity contribution in [1.82, 2.24) is 10.6 Å². The predicted molar refractivity (Wildman–Crippen MR) is 125 cm³/mol. The molecule has 35 heavy (non-hydrogen) atoms. The summed E-state index contributed by atoms with van der Waals surface area (Å²) < 4.78 is 10.6. The van der Waals surface area contributed by atoms with Crippen LogP contribution >= 0.6 is 0 Å². The van der Waals surface area contributed by atoms with Gasteiger partial charge in [0.1, 0.15) is 0 Å². The van der Waals surface area contributed by atoms with Crippen LogP contribution in [0.4, 0.5) is 0 Å². The number of benzene rings is 1. The fourth-order valence-corrected chi connectivity index (χ4v) is 3.58. The second-order valence-electron chi connectivity index (χ2n) is 7.92. The maximum Gasteiger partial charge on any atom is 0.378 e. The van der Waals surface area contributed by atoms with Crippen molar-refractivity contribution >= 4 is 88.7 Å². The third-order valence-electron chi connectivity index (χ3n) is 5.42. The van der Waals surface area contributed by atoms with E-state index < -0.39 is 41.9 Å². The number of carbonyl (C=O) groups excluding carboxylic acids is 3. The van der Waals surface area contributed by atoms with Gasteiger partial charge in [-0.2, -0.15) is 0 Å². The van der Waals surface area contributed by atoms with E-state index in [0.29, 0.717) is 32.2 Å². The Balaban J connectivity index is 0.00000578. The molecule has 13 heteroatoms. The summed E-state index contributed by atoms with van der Waals surface area (Å²) in [5.41, 5.74) is -2.72. The van der Waals surface area contributed by atoms with Gasteiger partial charge in [0.25, 0.3) is 0 Å². The van der Waals surface area contributed by atoms with Crippen LogP contribution in [-0.4, -0.2) is 118 Å². The Morgan fingerprint density at radius 1 is 0.971 bits per heavy atom. The van der Waals surface area contributed by atoms with Crippen molar-refractivity contribution in [3.63, 3.8) is 0 Å². The summed E-state index contributed by atoms with van der Waals surface area (Å²) in [6, 6.07) is 5.65. The van der Waals surface area contributed by atoms with Gasteiger partial charge in [-0.15, -0.1) is 0 Å². The largest absolute Gasteiger partial charge is 0.479 e. The van der Waals surface area contributed by atoms with E-state index in [1.165, 1.54) is 31.2 Å². The van der Waals surface area contributed by atoms with E-state index in [1.54, 1.807) is 0 Å². The Morgan fingerprint density at radius 3 is 2.03 bits per heavy atom. The van der Waals surface area contributed by atoms with Crippen molar-refractivity contribution in [2.45, 2.75) is 45.3 Å². The number of carboxylic acids is 2. The first-order chi connectivity index (χ1) is 15.5. The zero-order valence-electron chi connectivity index (χ0n) is 20.5. The number of rotatable bonds is 11. The molecule has 2 rings (SSSR count). The average molecular weight is 510 g/mol. The fourth-order valence-electron chi connectivity index (χ4n) is 3.58. The van der Waals surface area contributed by atoms with Crippen LogP contribution in [0.1, 0.15) is 39.5 Å². The summed E-state index contributed by atoms with van der Waals surface area (Å²) in [4.78, 5) is 59.3. The quantitative estimate of drug-likeness (QED) is 0.185. The first-order valence-corrected chi connectivity index (χ1v) is 10.5. The first kappa shape index (κ1) is 33.4. The van der Waals surface area contributed by atoms with Crippen LogP contribution in [0.3, 0.4) is 0 Å². The average Bonchev–Trinajstić information content (AvgIpc) is 2.76. The molecule has 0 heterocycles. The molecule has 182 valence electrons. The van der Waals surface area contributed by atoms with Crippen molar-refractivity contribution in [2.24, 2.45) is 11.8 Å². The molecular formula is C22H28N2Na2O9. The minimum atomic E-state index is -2.72. The van der Waals surface area contributed by atoms with Gasteiger partial charge in [0.2, 0.25) is 17.6 Å². The molecule has 1 aliphatic rings. The topological polar surface area (TPSA) is 168 Å². The molecule has 1 aromatic carbocycles.